The summed E-state index contributed by atoms with van der Waals surface area (Å²) in [5, 5.41) is 15.0. The summed E-state index contributed by atoms with van der Waals surface area (Å²) in [7, 11) is 0. The molecule has 20 heavy (non-hydrogen) atoms. The first kappa shape index (κ1) is 14.6. The molecule has 1 heterocycles. The van der Waals surface area contributed by atoms with Crippen LogP contribution in [0.3, 0.4) is 0 Å². The number of amides is 3. The van der Waals surface area contributed by atoms with Gasteiger partial charge in [-0.25, -0.2) is 9.69 Å². The average Bonchev–Trinajstić information content (AvgIpc) is 2.70. The van der Waals surface area contributed by atoms with Crippen LogP contribution in [0.1, 0.15) is 6.92 Å². The van der Waals surface area contributed by atoms with Crippen molar-refractivity contribution in [2.75, 3.05) is 22.6 Å². The van der Waals surface area contributed by atoms with E-state index < -0.39 is 18.2 Å². The molecule has 7 heteroatoms. The number of carbonyl (C=O) groups excluding carboxylic acids is 2. The highest BCUT2D eigenvalue weighted by atomic mass is 35.5. The van der Waals surface area contributed by atoms with Gasteiger partial charge in [0.15, 0.2) is 0 Å². The molecule has 0 aromatic heterocycles. The molecule has 1 aromatic carbocycles. The van der Waals surface area contributed by atoms with Gasteiger partial charge in [-0.2, -0.15) is 0 Å². The fourth-order valence-electron chi connectivity index (χ4n) is 1.93. The van der Waals surface area contributed by atoms with Gasteiger partial charge in [0, 0.05) is 6.54 Å². The van der Waals surface area contributed by atoms with Gasteiger partial charge >= 0.3 is 6.03 Å². The van der Waals surface area contributed by atoms with Gasteiger partial charge in [-0.05, 0) is 19.1 Å². The van der Waals surface area contributed by atoms with Gasteiger partial charge in [-0.3, -0.25) is 4.79 Å². The molecule has 0 aliphatic carbocycles. The number of aliphatic hydroxyl groups excluding tert-OH is 1. The highest BCUT2D eigenvalue weighted by molar-refractivity contribution is 6.22. The molecule has 2 unspecified atom stereocenters. The Morgan fingerprint density at radius 1 is 1.45 bits per heavy atom. The first-order valence-electron chi connectivity index (χ1n) is 6.26. The maximum absolute atomic E-state index is 12.0. The number of halogens is 1. The van der Waals surface area contributed by atoms with Crippen molar-refractivity contribution in [2.45, 2.75) is 19.1 Å². The van der Waals surface area contributed by atoms with E-state index in [4.69, 9.17) is 11.6 Å². The van der Waals surface area contributed by atoms with Crippen molar-refractivity contribution in [2.24, 2.45) is 0 Å². The number of hydrogen-bond donors (Lipinski definition) is 3. The molecule has 0 bridgehead atoms. The van der Waals surface area contributed by atoms with Crippen LogP contribution in [0.5, 0.6) is 0 Å². The van der Waals surface area contributed by atoms with E-state index >= 15 is 0 Å². The van der Waals surface area contributed by atoms with Crippen LogP contribution in [-0.4, -0.2) is 41.6 Å². The van der Waals surface area contributed by atoms with Gasteiger partial charge in [-0.1, -0.05) is 12.1 Å². The summed E-state index contributed by atoms with van der Waals surface area (Å²) in [5.41, 5.74) is 1.05. The number of aliphatic hydroxyl groups is 1. The summed E-state index contributed by atoms with van der Waals surface area (Å²) in [4.78, 5) is 24.9. The SMILES string of the molecule is CC1NC(=O)N(c2ccccc2NCC(O)CCl)C1=O. The Morgan fingerprint density at radius 2 is 2.15 bits per heavy atom. The van der Waals surface area contributed by atoms with Crippen molar-refractivity contribution < 1.29 is 14.7 Å². The number of carbonyl (C=O) groups is 2. The van der Waals surface area contributed by atoms with Crippen molar-refractivity contribution in [3.05, 3.63) is 24.3 Å². The predicted molar refractivity (Wildman–Crippen MR) is 77.1 cm³/mol. The molecule has 1 saturated heterocycles. The monoisotopic (exact) mass is 297 g/mol. The van der Waals surface area contributed by atoms with E-state index in [-0.39, 0.29) is 18.3 Å². The number of urea groups is 1. The van der Waals surface area contributed by atoms with Crippen molar-refractivity contribution in [3.63, 3.8) is 0 Å². The minimum absolute atomic E-state index is 0.106. The lowest BCUT2D eigenvalue weighted by Gasteiger charge is -2.19. The Morgan fingerprint density at radius 3 is 2.75 bits per heavy atom. The van der Waals surface area contributed by atoms with Crippen LogP contribution in [0.2, 0.25) is 0 Å². The number of benzene rings is 1. The summed E-state index contributed by atoms with van der Waals surface area (Å²) < 4.78 is 0. The van der Waals surface area contributed by atoms with Gasteiger partial charge in [0.1, 0.15) is 6.04 Å². The number of nitrogens with zero attached hydrogens (tertiary/aromatic N) is 1. The maximum Gasteiger partial charge on any atom is 0.329 e. The van der Waals surface area contributed by atoms with E-state index in [0.29, 0.717) is 11.4 Å². The zero-order valence-corrected chi connectivity index (χ0v) is 11.7. The Hall–Kier alpha value is -1.79. The number of para-hydroxylation sites is 2. The molecule has 0 spiro atoms. The second-order valence-electron chi connectivity index (χ2n) is 4.55. The van der Waals surface area contributed by atoms with E-state index in [9.17, 15) is 14.7 Å². The molecule has 1 fully saturated rings. The minimum Gasteiger partial charge on any atom is -0.390 e. The van der Waals surface area contributed by atoms with E-state index in [1.54, 1.807) is 31.2 Å². The number of hydrogen-bond acceptors (Lipinski definition) is 4. The summed E-state index contributed by atoms with van der Waals surface area (Å²) in [6.45, 7) is 1.87. The zero-order valence-electron chi connectivity index (χ0n) is 11.0. The van der Waals surface area contributed by atoms with E-state index in [0.717, 1.165) is 4.90 Å². The van der Waals surface area contributed by atoms with Crippen LogP contribution >= 0.6 is 11.6 Å². The van der Waals surface area contributed by atoms with Crippen LogP contribution in [0.15, 0.2) is 24.3 Å². The molecule has 1 aliphatic rings. The molecule has 6 nitrogen and oxygen atoms in total. The third-order valence-corrected chi connectivity index (χ3v) is 3.34. The normalized spacial score (nSPS) is 19.9. The smallest absolute Gasteiger partial charge is 0.329 e. The van der Waals surface area contributed by atoms with E-state index in [1.807, 2.05) is 0 Å². The highest BCUT2D eigenvalue weighted by Crippen LogP contribution is 2.28. The molecular formula is C13H16ClN3O3. The molecule has 0 saturated carbocycles. The lowest BCUT2D eigenvalue weighted by Crippen LogP contribution is -2.32. The summed E-state index contributed by atoms with van der Waals surface area (Å²) in [6, 6.07) is 5.94. The van der Waals surface area contributed by atoms with Gasteiger partial charge in [0.2, 0.25) is 0 Å². The second kappa shape index (κ2) is 6.11. The van der Waals surface area contributed by atoms with Crippen molar-refractivity contribution in [3.8, 4) is 0 Å². The Labute approximate surface area is 121 Å². The van der Waals surface area contributed by atoms with Crippen molar-refractivity contribution in [1.82, 2.24) is 5.32 Å². The number of alkyl halides is 1. The van der Waals surface area contributed by atoms with Crippen LogP contribution in [0, 0.1) is 0 Å². The molecule has 3 N–H and O–H groups in total. The highest BCUT2D eigenvalue weighted by Gasteiger charge is 2.37. The quantitative estimate of drug-likeness (QED) is 0.562. The fraction of sp³-hybridized carbons (Fsp3) is 0.385. The second-order valence-corrected chi connectivity index (χ2v) is 4.86. The van der Waals surface area contributed by atoms with Gasteiger partial charge in [0.05, 0.1) is 23.4 Å². The fourth-order valence-corrected chi connectivity index (χ4v) is 2.04. The Bertz CT molecular complexity index is 523. The van der Waals surface area contributed by atoms with Crippen LogP contribution in [0.25, 0.3) is 0 Å². The van der Waals surface area contributed by atoms with Gasteiger partial charge < -0.3 is 15.7 Å². The first-order valence-corrected chi connectivity index (χ1v) is 6.79. The molecule has 3 amide bonds. The molecule has 1 aromatic rings. The van der Waals surface area contributed by atoms with Crippen molar-refractivity contribution in [1.29, 1.82) is 0 Å². The average molecular weight is 298 g/mol. The summed E-state index contributed by atoms with van der Waals surface area (Å²) in [6.07, 6.45) is -0.702. The molecule has 0 radical (unpaired) electrons. The standard InChI is InChI=1S/C13H16ClN3O3/c1-8-12(19)17(13(20)16-8)11-5-3-2-4-10(11)15-7-9(18)6-14/h2-5,8-9,15,18H,6-7H2,1H3,(H,16,20). The number of anilines is 2. The van der Waals surface area contributed by atoms with E-state index in [2.05, 4.69) is 10.6 Å². The Kier molecular flexibility index (Phi) is 4.46. The molecule has 108 valence electrons. The molecule has 2 atom stereocenters. The number of rotatable bonds is 5. The lowest BCUT2D eigenvalue weighted by molar-refractivity contribution is -0.117. The molecular weight excluding hydrogens is 282 g/mol. The third kappa shape index (κ3) is 2.86. The van der Waals surface area contributed by atoms with Gasteiger partial charge in [-0.15, -0.1) is 11.6 Å². The third-order valence-electron chi connectivity index (χ3n) is 2.99. The zero-order chi connectivity index (χ0) is 14.7. The lowest BCUT2D eigenvalue weighted by atomic mass is 10.2. The molecule has 1 aliphatic heterocycles. The van der Waals surface area contributed by atoms with E-state index in [1.165, 1.54) is 0 Å². The summed E-state index contributed by atoms with van der Waals surface area (Å²) in [5.74, 6) is -0.197. The maximum atomic E-state index is 12.0. The minimum atomic E-state index is -0.702. The Balaban J connectivity index is 2.24. The topological polar surface area (TPSA) is 81.7 Å². The first-order chi connectivity index (χ1) is 9.54. The van der Waals surface area contributed by atoms with Crippen LogP contribution in [0.4, 0.5) is 16.2 Å². The number of imide groups is 1. The summed E-state index contributed by atoms with van der Waals surface area (Å²) >= 11 is 5.53. The van der Waals surface area contributed by atoms with Crippen LogP contribution in [-0.2, 0) is 4.79 Å². The van der Waals surface area contributed by atoms with Crippen molar-refractivity contribution >= 4 is 34.9 Å². The largest absolute Gasteiger partial charge is 0.390 e. The van der Waals surface area contributed by atoms with Crippen LogP contribution < -0.4 is 15.5 Å². The van der Waals surface area contributed by atoms with Gasteiger partial charge in [0.25, 0.3) is 5.91 Å². The molecule has 2 rings (SSSR count). The number of nitrogens with one attached hydrogen (secondary N) is 2. The predicted octanol–water partition coefficient (Wildman–Crippen LogP) is 1.14.